The van der Waals surface area contributed by atoms with E-state index in [4.69, 9.17) is 4.74 Å². The molecule has 20 heavy (non-hydrogen) atoms. The molecule has 112 valence electrons. The number of hydrogen-bond donors (Lipinski definition) is 0. The monoisotopic (exact) mass is 344 g/mol. The third-order valence-corrected chi connectivity index (χ3v) is 3.52. The van der Waals surface area contributed by atoms with Crippen molar-refractivity contribution >= 4 is 27.3 Å². The summed E-state index contributed by atoms with van der Waals surface area (Å²) < 4.78 is 5.13. The van der Waals surface area contributed by atoms with Crippen LogP contribution in [0, 0.1) is 16.0 Å². The lowest BCUT2D eigenvalue weighted by Crippen LogP contribution is -2.31. The van der Waals surface area contributed by atoms with Crippen molar-refractivity contribution in [1.82, 2.24) is 0 Å². The molecule has 1 aromatic rings. The van der Waals surface area contributed by atoms with Gasteiger partial charge < -0.3 is 9.64 Å². The van der Waals surface area contributed by atoms with Crippen molar-refractivity contribution in [1.29, 1.82) is 0 Å². The standard InChI is InChI=1S/C14H21BrN2O3/c1-11(2)10-16(6-7-20-3)13-4-5-14(17(18)19)12(8-13)9-15/h4-5,8,11H,6-7,9-10H2,1-3H3. The number of rotatable bonds is 8. The minimum atomic E-state index is -0.345. The number of hydrogen-bond acceptors (Lipinski definition) is 4. The lowest BCUT2D eigenvalue weighted by Gasteiger charge is -2.26. The maximum Gasteiger partial charge on any atom is 0.273 e. The van der Waals surface area contributed by atoms with Crippen molar-refractivity contribution in [3.63, 3.8) is 0 Å². The van der Waals surface area contributed by atoms with Crippen LogP contribution in [0.3, 0.4) is 0 Å². The second-order valence-electron chi connectivity index (χ2n) is 5.04. The van der Waals surface area contributed by atoms with Crippen LogP contribution in [0.5, 0.6) is 0 Å². The van der Waals surface area contributed by atoms with Gasteiger partial charge in [-0.1, -0.05) is 29.8 Å². The number of nitro benzene ring substituents is 1. The van der Waals surface area contributed by atoms with E-state index in [9.17, 15) is 10.1 Å². The molecule has 5 nitrogen and oxygen atoms in total. The molecule has 0 aliphatic heterocycles. The van der Waals surface area contributed by atoms with Crippen molar-refractivity contribution in [3.05, 3.63) is 33.9 Å². The zero-order valence-electron chi connectivity index (χ0n) is 12.1. The molecule has 1 rings (SSSR count). The highest BCUT2D eigenvalue weighted by Crippen LogP contribution is 2.27. The highest BCUT2D eigenvalue weighted by atomic mass is 79.9. The highest BCUT2D eigenvalue weighted by Gasteiger charge is 2.16. The molecule has 0 radical (unpaired) electrons. The van der Waals surface area contributed by atoms with E-state index in [1.54, 1.807) is 13.2 Å². The van der Waals surface area contributed by atoms with Gasteiger partial charge in [-0.15, -0.1) is 0 Å². The van der Waals surface area contributed by atoms with Crippen molar-refractivity contribution in [3.8, 4) is 0 Å². The Kier molecular flexibility index (Phi) is 6.95. The number of nitro groups is 1. The van der Waals surface area contributed by atoms with Gasteiger partial charge in [0.15, 0.2) is 0 Å². The Labute approximate surface area is 128 Å². The lowest BCUT2D eigenvalue weighted by molar-refractivity contribution is -0.385. The average Bonchev–Trinajstić information content (AvgIpc) is 2.42. The van der Waals surface area contributed by atoms with Gasteiger partial charge in [-0.2, -0.15) is 0 Å². The molecule has 0 saturated heterocycles. The van der Waals surface area contributed by atoms with E-state index >= 15 is 0 Å². The van der Waals surface area contributed by atoms with E-state index < -0.39 is 0 Å². The van der Waals surface area contributed by atoms with Gasteiger partial charge in [0, 0.05) is 42.8 Å². The number of anilines is 1. The van der Waals surface area contributed by atoms with Crippen molar-refractivity contribution in [2.45, 2.75) is 19.2 Å². The zero-order chi connectivity index (χ0) is 15.1. The number of ether oxygens (including phenoxy) is 1. The lowest BCUT2D eigenvalue weighted by atomic mass is 10.1. The summed E-state index contributed by atoms with van der Waals surface area (Å²) in [5, 5.41) is 11.4. The molecule has 0 saturated carbocycles. The Bertz CT molecular complexity index is 452. The molecule has 6 heteroatoms. The van der Waals surface area contributed by atoms with Gasteiger partial charge in [0.1, 0.15) is 0 Å². The molecule has 0 aliphatic rings. The van der Waals surface area contributed by atoms with Crippen molar-refractivity contribution < 1.29 is 9.66 Å². The SMILES string of the molecule is COCCN(CC(C)C)c1ccc([N+](=O)[O-])c(CBr)c1. The molecule has 0 aromatic heterocycles. The molecule has 1 aromatic carbocycles. The summed E-state index contributed by atoms with van der Waals surface area (Å²) in [5.74, 6) is 0.509. The molecule has 0 unspecified atom stereocenters. The van der Waals surface area contributed by atoms with Gasteiger partial charge in [-0.25, -0.2) is 0 Å². The van der Waals surface area contributed by atoms with E-state index in [0.29, 0.717) is 23.4 Å². The fourth-order valence-corrected chi connectivity index (χ4v) is 2.47. The van der Waals surface area contributed by atoms with Crippen LogP contribution in [-0.4, -0.2) is 31.7 Å². The fraction of sp³-hybridized carbons (Fsp3) is 0.571. The second-order valence-corrected chi connectivity index (χ2v) is 5.60. The summed E-state index contributed by atoms with van der Waals surface area (Å²) in [6.07, 6.45) is 0. The van der Waals surface area contributed by atoms with E-state index in [2.05, 4.69) is 34.7 Å². The smallest absolute Gasteiger partial charge is 0.273 e. The molecule has 0 spiro atoms. The third kappa shape index (κ3) is 4.76. The highest BCUT2D eigenvalue weighted by molar-refractivity contribution is 9.08. The van der Waals surface area contributed by atoms with Crippen LogP contribution < -0.4 is 4.90 Å². The zero-order valence-corrected chi connectivity index (χ0v) is 13.7. The minimum Gasteiger partial charge on any atom is -0.383 e. The minimum absolute atomic E-state index is 0.155. The third-order valence-electron chi connectivity index (χ3n) is 2.92. The Hall–Kier alpha value is -1.14. The van der Waals surface area contributed by atoms with Gasteiger partial charge in [-0.05, 0) is 18.1 Å². The van der Waals surface area contributed by atoms with Crippen LogP contribution >= 0.6 is 15.9 Å². The molecule has 0 amide bonds. The molecular formula is C14H21BrN2O3. The van der Waals surface area contributed by atoms with Crippen LogP contribution in [0.1, 0.15) is 19.4 Å². The van der Waals surface area contributed by atoms with Crippen LogP contribution in [0.25, 0.3) is 0 Å². The van der Waals surface area contributed by atoms with Crippen LogP contribution in [0.4, 0.5) is 11.4 Å². The van der Waals surface area contributed by atoms with E-state index in [1.165, 1.54) is 0 Å². The Balaban J connectivity index is 3.03. The summed E-state index contributed by atoms with van der Waals surface area (Å²) in [6, 6.07) is 5.26. The summed E-state index contributed by atoms with van der Waals surface area (Å²) in [6.45, 7) is 6.59. The van der Waals surface area contributed by atoms with E-state index in [1.807, 2.05) is 12.1 Å². The first-order valence-corrected chi connectivity index (χ1v) is 7.69. The molecule has 0 aliphatic carbocycles. The molecule has 0 heterocycles. The van der Waals surface area contributed by atoms with Gasteiger partial charge >= 0.3 is 0 Å². The molecular weight excluding hydrogens is 324 g/mol. The topological polar surface area (TPSA) is 55.6 Å². The molecule has 0 atom stereocenters. The predicted molar refractivity (Wildman–Crippen MR) is 84.7 cm³/mol. The maximum absolute atomic E-state index is 11.0. The van der Waals surface area contributed by atoms with Gasteiger partial charge in [0.25, 0.3) is 5.69 Å². The predicted octanol–water partition coefficient (Wildman–Crippen LogP) is 3.60. The molecule has 0 bridgehead atoms. The van der Waals surface area contributed by atoms with Crippen LogP contribution in [-0.2, 0) is 10.1 Å². The average molecular weight is 345 g/mol. The van der Waals surface area contributed by atoms with Gasteiger partial charge in [0.2, 0.25) is 0 Å². The van der Waals surface area contributed by atoms with E-state index in [0.717, 1.165) is 18.8 Å². The van der Waals surface area contributed by atoms with Crippen LogP contribution in [0.15, 0.2) is 18.2 Å². The number of methoxy groups -OCH3 is 1. The van der Waals surface area contributed by atoms with Crippen molar-refractivity contribution in [2.24, 2.45) is 5.92 Å². The van der Waals surface area contributed by atoms with E-state index in [-0.39, 0.29) is 10.6 Å². The second kappa shape index (κ2) is 8.21. The Morgan fingerprint density at radius 3 is 2.65 bits per heavy atom. The number of halogens is 1. The summed E-state index contributed by atoms with van der Waals surface area (Å²) >= 11 is 3.32. The first-order valence-electron chi connectivity index (χ1n) is 6.56. The fourth-order valence-electron chi connectivity index (χ4n) is 2.02. The first-order chi connectivity index (χ1) is 9.49. The summed E-state index contributed by atoms with van der Waals surface area (Å²) in [7, 11) is 1.67. The number of alkyl halides is 1. The summed E-state index contributed by atoms with van der Waals surface area (Å²) in [5.41, 5.74) is 1.84. The van der Waals surface area contributed by atoms with Gasteiger partial charge in [0.05, 0.1) is 11.5 Å². The largest absolute Gasteiger partial charge is 0.383 e. The Morgan fingerprint density at radius 2 is 2.15 bits per heavy atom. The Morgan fingerprint density at radius 1 is 1.45 bits per heavy atom. The number of benzene rings is 1. The maximum atomic E-state index is 11.0. The normalized spacial score (nSPS) is 10.8. The molecule has 0 N–H and O–H groups in total. The van der Waals surface area contributed by atoms with Crippen molar-refractivity contribution in [2.75, 3.05) is 31.7 Å². The number of nitrogens with zero attached hydrogens (tertiary/aromatic N) is 2. The quantitative estimate of drug-likeness (QED) is 0.410. The summed E-state index contributed by atoms with van der Waals surface area (Å²) in [4.78, 5) is 12.8. The van der Waals surface area contributed by atoms with Crippen LogP contribution in [0.2, 0.25) is 0 Å². The first kappa shape index (κ1) is 16.9. The van der Waals surface area contributed by atoms with Gasteiger partial charge in [-0.3, -0.25) is 10.1 Å². The molecule has 0 fully saturated rings.